The minimum atomic E-state index is -0.474. The van der Waals surface area contributed by atoms with Crippen LogP contribution in [-0.2, 0) is 9.31 Å². The molecule has 0 aliphatic carbocycles. The van der Waals surface area contributed by atoms with E-state index in [1.54, 1.807) is 12.4 Å². The largest absolute Gasteiger partial charge is 0.516 e. The average molecular weight is 250 g/mol. The molecule has 0 amide bonds. The van der Waals surface area contributed by atoms with Gasteiger partial charge in [-0.15, -0.1) is 0 Å². The van der Waals surface area contributed by atoms with Crippen LogP contribution in [0.1, 0.15) is 34.6 Å². The van der Waals surface area contributed by atoms with Crippen LogP contribution in [0.15, 0.2) is 12.4 Å². The molecule has 0 bridgehead atoms. The quantitative estimate of drug-likeness (QED) is 0.754. The molecule has 0 aromatic carbocycles. The lowest BCUT2D eigenvalue weighted by Gasteiger charge is -2.32. The van der Waals surface area contributed by atoms with Crippen LogP contribution >= 0.6 is 0 Å². The van der Waals surface area contributed by atoms with Crippen LogP contribution in [0.4, 0.5) is 0 Å². The van der Waals surface area contributed by atoms with E-state index in [9.17, 15) is 0 Å². The molecule has 5 nitrogen and oxygen atoms in total. The first-order chi connectivity index (χ1) is 8.36. The predicted molar refractivity (Wildman–Crippen MR) is 68.9 cm³/mol. The van der Waals surface area contributed by atoms with E-state index in [-0.39, 0.29) is 11.2 Å². The molecule has 2 heterocycles. The highest BCUT2D eigenvalue weighted by Crippen LogP contribution is 2.36. The van der Waals surface area contributed by atoms with Gasteiger partial charge in [0.15, 0.2) is 0 Å². The summed E-state index contributed by atoms with van der Waals surface area (Å²) >= 11 is 0. The van der Waals surface area contributed by atoms with Crippen molar-refractivity contribution in [2.45, 2.75) is 45.8 Å². The molecule has 18 heavy (non-hydrogen) atoms. The molecule has 1 aromatic heterocycles. The summed E-state index contributed by atoms with van der Waals surface area (Å²) < 4.78 is 17.0. The summed E-state index contributed by atoms with van der Waals surface area (Å²) in [5.74, 6) is 0.512. The van der Waals surface area contributed by atoms with E-state index in [0.717, 1.165) is 0 Å². The fraction of sp³-hybridized carbons (Fsp3) is 0.667. The maximum atomic E-state index is 5.88. The van der Waals surface area contributed by atoms with Gasteiger partial charge in [-0.3, -0.25) is 4.98 Å². The molecule has 0 N–H and O–H groups in total. The van der Waals surface area contributed by atoms with Gasteiger partial charge in [-0.2, -0.15) is 0 Å². The van der Waals surface area contributed by atoms with E-state index >= 15 is 0 Å². The van der Waals surface area contributed by atoms with Gasteiger partial charge in [-0.25, -0.2) is 4.98 Å². The Morgan fingerprint density at radius 2 is 1.72 bits per heavy atom. The predicted octanol–water partition coefficient (Wildman–Crippen LogP) is 1.17. The lowest BCUT2D eigenvalue weighted by atomic mass is 9.85. The minimum absolute atomic E-state index is 0.363. The van der Waals surface area contributed by atoms with Crippen LogP contribution in [0, 0.1) is 0 Å². The Hall–Kier alpha value is -1.14. The van der Waals surface area contributed by atoms with Crippen molar-refractivity contribution in [1.82, 2.24) is 9.97 Å². The molecule has 0 unspecified atom stereocenters. The maximum absolute atomic E-state index is 5.88. The second kappa shape index (κ2) is 4.51. The summed E-state index contributed by atoms with van der Waals surface area (Å²) in [5.41, 5.74) is -0.0623. The molecule has 2 rings (SSSR count). The van der Waals surface area contributed by atoms with Gasteiger partial charge < -0.3 is 14.0 Å². The first kappa shape index (κ1) is 13.3. The molecule has 1 saturated heterocycles. The summed E-state index contributed by atoms with van der Waals surface area (Å²) in [4.78, 5) is 8.44. The molecule has 0 radical (unpaired) electrons. The van der Waals surface area contributed by atoms with Gasteiger partial charge in [0.25, 0.3) is 0 Å². The maximum Gasteiger partial charge on any atom is 0.516 e. The van der Waals surface area contributed by atoms with Crippen LogP contribution in [0.3, 0.4) is 0 Å². The highest BCUT2D eigenvalue weighted by atomic mass is 16.7. The number of ether oxygens (including phenoxy) is 1. The van der Waals surface area contributed by atoms with Crippen molar-refractivity contribution in [3.63, 3.8) is 0 Å². The first-order valence-electron chi connectivity index (χ1n) is 6.16. The molecule has 0 spiro atoms. The van der Waals surface area contributed by atoms with Crippen LogP contribution < -0.4 is 10.3 Å². The van der Waals surface area contributed by atoms with Crippen LogP contribution in [-0.4, -0.2) is 34.9 Å². The fourth-order valence-electron chi connectivity index (χ4n) is 1.63. The zero-order valence-electron chi connectivity index (χ0n) is 11.6. The monoisotopic (exact) mass is 250 g/mol. The van der Waals surface area contributed by atoms with Gasteiger partial charge in [0, 0.05) is 6.20 Å². The van der Waals surface area contributed by atoms with Gasteiger partial charge in [0.2, 0.25) is 5.88 Å². The average Bonchev–Trinajstić information content (AvgIpc) is 2.50. The van der Waals surface area contributed by atoms with E-state index in [1.165, 1.54) is 0 Å². The van der Waals surface area contributed by atoms with Gasteiger partial charge in [0.05, 0.1) is 29.6 Å². The van der Waals surface area contributed by atoms with Gasteiger partial charge in [0.1, 0.15) is 0 Å². The summed E-state index contributed by atoms with van der Waals surface area (Å²) in [6.45, 7) is 10.5. The van der Waals surface area contributed by atoms with E-state index in [1.807, 2.05) is 34.6 Å². The van der Waals surface area contributed by atoms with Crippen molar-refractivity contribution in [2.24, 2.45) is 0 Å². The standard InChI is InChI=1S/C12H19BN2O3/c1-6-16-10-8-14-9(7-15-10)13-17-11(2,3)12(4,5)18-13/h7-8H,6H2,1-5H3. The van der Waals surface area contributed by atoms with Crippen molar-refractivity contribution >= 4 is 12.7 Å². The summed E-state index contributed by atoms with van der Waals surface area (Å²) in [6.07, 6.45) is 3.22. The van der Waals surface area contributed by atoms with Crippen LogP contribution in [0.2, 0.25) is 0 Å². The molecule has 6 heteroatoms. The molecule has 98 valence electrons. The van der Waals surface area contributed by atoms with Gasteiger partial charge in [-0.1, -0.05) is 0 Å². The third-order valence-corrected chi connectivity index (χ3v) is 3.44. The van der Waals surface area contributed by atoms with Crippen LogP contribution in [0.5, 0.6) is 5.88 Å². The topological polar surface area (TPSA) is 53.5 Å². The van der Waals surface area contributed by atoms with Gasteiger partial charge in [-0.05, 0) is 34.6 Å². The van der Waals surface area contributed by atoms with Crippen molar-refractivity contribution in [1.29, 1.82) is 0 Å². The van der Waals surface area contributed by atoms with E-state index < -0.39 is 7.12 Å². The van der Waals surface area contributed by atoms with E-state index in [2.05, 4.69) is 9.97 Å². The molecule has 1 aliphatic heterocycles. The van der Waals surface area contributed by atoms with Crippen LogP contribution in [0.25, 0.3) is 0 Å². The molecule has 0 atom stereocenters. The third kappa shape index (κ3) is 2.35. The van der Waals surface area contributed by atoms with Crippen molar-refractivity contribution in [3.8, 4) is 5.88 Å². The normalized spacial score (nSPS) is 21.1. The summed E-state index contributed by atoms with van der Waals surface area (Å²) in [7, 11) is -0.474. The number of rotatable bonds is 3. The fourth-order valence-corrected chi connectivity index (χ4v) is 1.63. The third-order valence-electron chi connectivity index (χ3n) is 3.44. The van der Waals surface area contributed by atoms with E-state index in [0.29, 0.717) is 18.1 Å². The van der Waals surface area contributed by atoms with E-state index in [4.69, 9.17) is 14.0 Å². The first-order valence-corrected chi connectivity index (χ1v) is 6.16. The Labute approximate surface area is 108 Å². The lowest BCUT2D eigenvalue weighted by Crippen LogP contribution is -2.41. The minimum Gasteiger partial charge on any atom is -0.477 e. The Morgan fingerprint density at radius 1 is 1.11 bits per heavy atom. The summed E-state index contributed by atoms with van der Waals surface area (Å²) in [6, 6.07) is 0. The number of hydrogen-bond acceptors (Lipinski definition) is 5. The Bertz CT molecular complexity index is 404. The molecular formula is C12H19BN2O3. The number of aromatic nitrogens is 2. The second-order valence-electron chi connectivity index (χ2n) is 5.30. The van der Waals surface area contributed by atoms with Crippen molar-refractivity contribution < 1.29 is 14.0 Å². The Balaban J connectivity index is 2.14. The SMILES string of the molecule is CCOc1cnc(B2OC(C)(C)C(C)(C)O2)cn1. The Morgan fingerprint density at radius 3 is 2.17 bits per heavy atom. The molecule has 1 fully saturated rings. The highest BCUT2D eigenvalue weighted by Gasteiger charge is 2.52. The highest BCUT2D eigenvalue weighted by molar-refractivity contribution is 6.61. The Kier molecular flexibility index (Phi) is 3.34. The number of nitrogens with zero attached hydrogens (tertiary/aromatic N) is 2. The molecule has 1 aromatic rings. The molecule has 1 aliphatic rings. The number of hydrogen-bond donors (Lipinski definition) is 0. The molecule has 0 saturated carbocycles. The lowest BCUT2D eigenvalue weighted by molar-refractivity contribution is 0.00578. The zero-order chi connectivity index (χ0) is 13.4. The zero-order valence-corrected chi connectivity index (χ0v) is 11.6. The van der Waals surface area contributed by atoms with Gasteiger partial charge >= 0.3 is 7.12 Å². The van der Waals surface area contributed by atoms with Crippen molar-refractivity contribution in [2.75, 3.05) is 6.61 Å². The van der Waals surface area contributed by atoms with Crippen molar-refractivity contribution in [3.05, 3.63) is 12.4 Å². The second-order valence-corrected chi connectivity index (χ2v) is 5.30. The smallest absolute Gasteiger partial charge is 0.477 e. The molecular weight excluding hydrogens is 231 g/mol. The summed E-state index contributed by atoms with van der Waals surface area (Å²) in [5, 5.41) is 0.